The van der Waals surface area contributed by atoms with E-state index in [4.69, 9.17) is 14.2 Å². The maximum absolute atomic E-state index is 12.5. The van der Waals surface area contributed by atoms with Crippen LogP contribution in [0, 0.1) is 6.92 Å². The minimum Gasteiger partial charge on any atom is -0.497 e. The Morgan fingerprint density at radius 1 is 1.07 bits per heavy atom. The summed E-state index contributed by atoms with van der Waals surface area (Å²) in [5, 5.41) is 2.87. The van der Waals surface area contributed by atoms with Crippen LogP contribution < -0.4 is 14.8 Å². The molecule has 0 heterocycles. The highest BCUT2D eigenvalue weighted by molar-refractivity contribution is 5.98. The summed E-state index contributed by atoms with van der Waals surface area (Å²) in [5.74, 6) is -0.0886. The summed E-state index contributed by atoms with van der Waals surface area (Å²) in [6, 6.07) is 10.6. The molecule has 0 aliphatic carbocycles. The van der Waals surface area contributed by atoms with Gasteiger partial charge in [0, 0.05) is 11.8 Å². The van der Waals surface area contributed by atoms with E-state index in [-0.39, 0.29) is 11.5 Å². The van der Waals surface area contributed by atoms with Gasteiger partial charge in [-0.05, 0) is 43.5 Å². The first kappa shape index (κ1) is 20.3. The van der Waals surface area contributed by atoms with Gasteiger partial charge < -0.3 is 19.5 Å². The molecule has 0 spiro atoms. The molecule has 1 N–H and O–H groups in total. The van der Waals surface area contributed by atoms with Gasteiger partial charge in [-0.2, -0.15) is 0 Å². The Hall–Kier alpha value is -3.02. The van der Waals surface area contributed by atoms with Crippen LogP contribution in [0.4, 0.5) is 5.69 Å². The molecular formula is C21H25NO5. The minimum atomic E-state index is -0.959. The Morgan fingerprint density at radius 2 is 1.70 bits per heavy atom. The first-order valence-corrected chi connectivity index (χ1v) is 8.73. The smallest absolute Gasteiger partial charge is 0.339 e. The average molecular weight is 371 g/mol. The summed E-state index contributed by atoms with van der Waals surface area (Å²) in [6.07, 6.45) is -0.172. The Kier molecular flexibility index (Phi) is 6.82. The molecule has 0 aliphatic heterocycles. The number of para-hydroxylation sites is 1. The molecule has 2 aromatic rings. The lowest BCUT2D eigenvalue weighted by Gasteiger charge is -2.17. The fourth-order valence-corrected chi connectivity index (χ4v) is 2.63. The predicted octanol–water partition coefficient (Wildman–Crippen LogP) is 3.76. The average Bonchev–Trinajstić information content (AvgIpc) is 2.68. The van der Waals surface area contributed by atoms with Gasteiger partial charge in [0.05, 0.1) is 19.8 Å². The van der Waals surface area contributed by atoms with Crippen molar-refractivity contribution in [2.75, 3.05) is 19.5 Å². The van der Waals surface area contributed by atoms with Crippen molar-refractivity contribution in [3.63, 3.8) is 0 Å². The van der Waals surface area contributed by atoms with Crippen molar-refractivity contribution in [2.24, 2.45) is 0 Å². The van der Waals surface area contributed by atoms with Gasteiger partial charge in [-0.3, -0.25) is 4.79 Å². The number of amides is 1. The van der Waals surface area contributed by atoms with Crippen LogP contribution in [0.5, 0.6) is 11.5 Å². The number of ether oxygens (including phenoxy) is 3. The van der Waals surface area contributed by atoms with E-state index in [1.807, 2.05) is 32.0 Å². The van der Waals surface area contributed by atoms with Gasteiger partial charge in [-0.1, -0.05) is 25.1 Å². The number of anilines is 1. The molecule has 0 radical (unpaired) electrons. The van der Waals surface area contributed by atoms with Gasteiger partial charge in [-0.15, -0.1) is 0 Å². The molecule has 0 aromatic heterocycles. The summed E-state index contributed by atoms with van der Waals surface area (Å²) in [4.78, 5) is 24.9. The summed E-state index contributed by atoms with van der Waals surface area (Å²) in [6.45, 7) is 5.48. The van der Waals surface area contributed by atoms with Crippen molar-refractivity contribution in [3.8, 4) is 11.5 Å². The molecule has 0 fully saturated rings. The van der Waals surface area contributed by atoms with E-state index in [0.717, 1.165) is 23.2 Å². The monoisotopic (exact) mass is 371 g/mol. The van der Waals surface area contributed by atoms with E-state index >= 15 is 0 Å². The number of hydrogen-bond acceptors (Lipinski definition) is 5. The lowest BCUT2D eigenvalue weighted by molar-refractivity contribution is -0.123. The molecule has 6 heteroatoms. The third-order valence-electron chi connectivity index (χ3n) is 4.23. The van der Waals surface area contributed by atoms with Crippen LogP contribution in [-0.2, 0) is 16.0 Å². The summed E-state index contributed by atoms with van der Waals surface area (Å²) in [5.41, 5.74) is 2.99. The van der Waals surface area contributed by atoms with Gasteiger partial charge in [0.1, 0.15) is 11.5 Å². The van der Waals surface area contributed by atoms with Crippen LogP contribution in [0.1, 0.15) is 35.3 Å². The molecule has 0 saturated carbocycles. The number of carbonyl (C=O) groups is 2. The topological polar surface area (TPSA) is 73.9 Å². The van der Waals surface area contributed by atoms with Crippen molar-refractivity contribution < 1.29 is 23.8 Å². The summed E-state index contributed by atoms with van der Waals surface area (Å²) >= 11 is 0. The quantitative estimate of drug-likeness (QED) is 0.750. The zero-order valence-electron chi connectivity index (χ0n) is 16.3. The van der Waals surface area contributed by atoms with Crippen LogP contribution in [0.15, 0.2) is 36.4 Å². The molecule has 1 amide bonds. The molecule has 1 atom stereocenters. The molecule has 0 bridgehead atoms. The molecule has 0 aliphatic rings. The van der Waals surface area contributed by atoms with Crippen molar-refractivity contribution >= 4 is 17.6 Å². The van der Waals surface area contributed by atoms with Crippen molar-refractivity contribution in [3.05, 3.63) is 53.1 Å². The molecule has 27 heavy (non-hydrogen) atoms. The minimum absolute atomic E-state index is 0.246. The SMILES string of the molecule is CCc1cccc(C)c1NC(=O)C(C)OC(=O)c1cc(OC)cc(OC)c1. The van der Waals surface area contributed by atoms with Gasteiger partial charge in [0.25, 0.3) is 5.91 Å². The third-order valence-corrected chi connectivity index (χ3v) is 4.23. The summed E-state index contributed by atoms with van der Waals surface area (Å²) in [7, 11) is 2.99. The predicted molar refractivity (Wildman–Crippen MR) is 104 cm³/mol. The number of methoxy groups -OCH3 is 2. The Balaban J connectivity index is 2.12. The molecule has 2 aromatic carbocycles. The molecule has 144 valence electrons. The highest BCUT2D eigenvalue weighted by Crippen LogP contribution is 2.24. The Labute approximate surface area is 159 Å². The van der Waals surface area contributed by atoms with Gasteiger partial charge >= 0.3 is 5.97 Å². The number of benzene rings is 2. The van der Waals surface area contributed by atoms with Crippen LogP contribution in [-0.4, -0.2) is 32.2 Å². The van der Waals surface area contributed by atoms with Crippen LogP contribution >= 0.6 is 0 Å². The van der Waals surface area contributed by atoms with Crippen molar-refractivity contribution in [2.45, 2.75) is 33.3 Å². The number of aryl methyl sites for hydroxylation is 2. The summed E-state index contributed by atoms with van der Waals surface area (Å²) < 4.78 is 15.6. The molecule has 0 saturated heterocycles. The molecular weight excluding hydrogens is 346 g/mol. The van der Waals surface area contributed by atoms with Crippen LogP contribution in [0.2, 0.25) is 0 Å². The maximum Gasteiger partial charge on any atom is 0.339 e. The maximum atomic E-state index is 12.5. The molecule has 2 rings (SSSR count). The lowest BCUT2D eigenvalue weighted by Crippen LogP contribution is -2.30. The zero-order chi connectivity index (χ0) is 20.0. The van der Waals surface area contributed by atoms with E-state index in [1.165, 1.54) is 33.3 Å². The van der Waals surface area contributed by atoms with Gasteiger partial charge in [0.2, 0.25) is 0 Å². The molecule has 6 nitrogen and oxygen atoms in total. The Bertz CT molecular complexity index is 809. The van der Waals surface area contributed by atoms with Crippen LogP contribution in [0.25, 0.3) is 0 Å². The van der Waals surface area contributed by atoms with Gasteiger partial charge in [0.15, 0.2) is 6.10 Å². The number of nitrogens with one attached hydrogen (secondary N) is 1. The highest BCUT2D eigenvalue weighted by atomic mass is 16.5. The Morgan fingerprint density at radius 3 is 2.26 bits per heavy atom. The van der Waals surface area contributed by atoms with Gasteiger partial charge in [-0.25, -0.2) is 4.79 Å². The third kappa shape index (κ3) is 5.00. The number of esters is 1. The largest absolute Gasteiger partial charge is 0.497 e. The van der Waals surface area contributed by atoms with Crippen molar-refractivity contribution in [1.82, 2.24) is 0 Å². The second-order valence-corrected chi connectivity index (χ2v) is 6.10. The van der Waals surface area contributed by atoms with E-state index in [0.29, 0.717) is 11.5 Å². The molecule has 1 unspecified atom stereocenters. The van der Waals surface area contributed by atoms with E-state index in [9.17, 15) is 9.59 Å². The van der Waals surface area contributed by atoms with E-state index in [2.05, 4.69) is 5.32 Å². The van der Waals surface area contributed by atoms with Crippen molar-refractivity contribution in [1.29, 1.82) is 0 Å². The second-order valence-electron chi connectivity index (χ2n) is 6.10. The van der Waals surface area contributed by atoms with E-state index in [1.54, 1.807) is 6.07 Å². The fraction of sp³-hybridized carbons (Fsp3) is 0.333. The standard InChI is InChI=1S/C21H25NO5/c1-6-15-9-7-8-13(2)19(15)22-20(23)14(3)27-21(24)16-10-17(25-4)12-18(11-16)26-5/h7-12,14H,6H2,1-5H3,(H,22,23). The first-order valence-electron chi connectivity index (χ1n) is 8.73. The highest BCUT2D eigenvalue weighted by Gasteiger charge is 2.21. The zero-order valence-corrected chi connectivity index (χ0v) is 16.3. The number of rotatable bonds is 7. The number of carbonyl (C=O) groups excluding carboxylic acids is 2. The number of hydrogen-bond donors (Lipinski definition) is 1. The second kappa shape index (κ2) is 9.07. The first-order chi connectivity index (χ1) is 12.9. The van der Waals surface area contributed by atoms with Crippen LogP contribution in [0.3, 0.4) is 0 Å². The van der Waals surface area contributed by atoms with E-state index < -0.39 is 12.1 Å². The fourth-order valence-electron chi connectivity index (χ4n) is 2.63. The lowest BCUT2D eigenvalue weighted by atomic mass is 10.1. The normalized spacial score (nSPS) is 11.4.